The van der Waals surface area contributed by atoms with E-state index < -0.39 is 5.97 Å². The summed E-state index contributed by atoms with van der Waals surface area (Å²) in [6, 6.07) is 4.08. The fourth-order valence-corrected chi connectivity index (χ4v) is 3.40. The monoisotopic (exact) mass is 344 g/mol. The zero-order valence-corrected chi connectivity index (χ0v) is 13.7. The number of aromatic carboxylic acids is 1. The number of nitrogens with zero attached hydrogens (tertiary/aromatic N) is 5. The second kappa shape index (κ2) is 7.33. The molecule has 9 heteroatoms. The first-order valence-electron chi connectivity index (χ1n) is 7.54. The van der Waals surface area contributed by atoms with Crippen molar-refractivity contribution in [3.63, 3.8) is 0 Å². The number of likely N-dealkylation sites (tertiary alicyclic amines) is 1. The average Bonchev–Trinajstić information content (AvgIpc) is 3.04. The van der Waals surface area contributed by atoms with E-state index in [0.717, 1.165) is 31.6 Å². The third kappa shape index (κ3) is 3.84. The van der Waals surface area contributed by atoms with E-state index >= 15 is 0 Å². The molecule has 0 aliphatic carbocycles. The number of thiazole rings is 1. The molecule has 2 aromatic heterocycles. The highest BCUT2D eigenvalue weighted by molar-refractivity contribution is 7.14. The van der Waals surface area contributed by atoms with E-state index in [1.807, 2.05) is 6.07 Å². The molecule has 0 spiro atoms. The Balaban J connectivity index is 1.71. The maximum absolute atomic E-state index is 10.9. The van der Waals surface area contributed by atoms with Gasteiger partial charge in [0.2, 0.25) is 5.95 Å². The summed E-state index contributed by atoms with van der Waals surface area (Å²) in [5, 5.41) is 22.6. The van der Waals surface area contributed by atoms with Crippen LogP contribution in [-0.2, 0) is 0 Å². The number of anilines is 2. The van der Waals surface area contributed by atoms with Crippen LogP contribution in [0.4, 0.5) is 11.1 Å². The molecule has 0 saturated carbocycles. The Morgan fingerprint density at radius 1 is 1.54 bits per heavy atom. The van der Waals surface area contributed by atoms with E-state index in [0.29, 0.717) is 17.6 Å². The summed E-state index contributed by atoms with van der Waals surface area (Å²) < 4.78 is 0. The van der Waals surface area contributed by atoms with Crippen LogP contribution >= 0.6 is 11.3 Å². The van der Waals surface area contributed by atoms with Crippen LogP contribution in [0.1, 0.15) is 34.9 Å². The predicted molar refractivity (Wildman–Crippen MR) is 88.4 cm³/mol. The molecule has 2 aromatic rings. The normalized spacial score (nSPS) is 18.0. The molecule has 2 N–H and O–H groups in total. The third-order valence-electron chi connectivity index (χ3n) is 3.84. The van der Waals surface area contributed by atoms with E-state index in [-0.39, 0.29) is 11.6 Å². The summed E-state index contributed by atoms with van der Waals surface area (Å²) in [7, 11) is 0. The van der Waals surface area contributed by atoms with Crippen LogP contribution in [0, 0.1) is 11.3 Å². The van der Waals surface area contributed by atoms with Crippen molar-refractivity contribution in [2.45, 2.75) is 18.8 Å². The molecule has 3 rings (SSSR count). The molecule has 124 valence electrons. The van der Waals surface area contributed by atoms with E-state index in [1.54, 1.807) is 6.20 Å². The number of carboxylic acid groups (broad SMARTS) is 1. The minimum Gasteiger partial charge on any atom is -0.476 e. The van der Waals surface area contributed by atoms with Crippen LogP contribution in [0.25, 0.3) is 0 Å². The SMILES string of the molecule is N#CCN1CCC[C@H](c2ccnc(Nc3nc(C(=O)O)cs3)n2)C1. The molecular formula is C15H16N6O2S. The Morgan fingerprint density at radius 2 is 2.42 bits per heavy atom. The highest BCUT2D eigenvalue weighted by Crippen LogP contribution is 2.26. The zero-order valence-electron chi connectivity index (χ0n) is 12.8. The number of rotatable bonds is 5. The van der Waals surface area contributed by atoms with Crippen molar-refractivity contribution in [1.82, 2.24) is 19.9 Å². The molecular weight excluding hydrogens is 328 g/mol. The molecule has 0 unspecified atom stereocenters. The summed E-state index contributed by atoms with van der Waals surface area (Å²) in [5.41, 5.74) is 0.920. The van der Waals surface area contributed by atoms with Gasteiger partial charge in [-0.3, -0.25) is 4.90 Å². The quantitative estimate of drug-likeness (QED) is 0.792. The van der Waals surface area contributed by atoms with Crippen LogP contribution in [0.2, 0.25) is 0 Å². The van der Waals surface area contributed by atoms with Gasteiger partial charge in [-0.2, -0.15) is 5.26 Å². The topological polar surface area (TPSA) is 115 Å². The van der Waals surface area contributed by atoms with Crippen molar-refractivity contribution in [3.05, 3.63) is 29.0 Å². The molecule has 1 aliphatic heterocycles. The highest BCUT2D eigenvalue weighted by atomic mass is 32.1. The van der Waals surface area contributed by atoms with Crippen LogP contribution < -0.4 is 5.32 Å². The molecule has 1 aliphatic rings. The van der Waals surface area contributed by atoms with Crippen molar-refractivity contribution in [2.75, 3.05) is 25.0 Å². The molecule has 0 bridgehead atoms. The Kier molecular flexibility index (Phi) is 4.98. The van der Waals surface area contributed by atoms with Crippen LogP contribution in [-0.4, -0.2) is 50.6 Å². The van der Waals surface area contributed by atoms with Gasteiger partial charge in [-0.1, -0.05) is 0 Å². The Bertz CT molecular complexity index is 771. The number of piperidine rings is 1. The van der Waals surface area contributed by atoms with Gasteiger partial charge in [0.1, 0.15) is 0 Å². The molecule has 0 radical (unpaired) electrons. The molecule has 1 atom stereocenters. The van der Waals surface area contributed by atoms with E-state index in [9.17, 15) is 4.79 Å². The van der Waals surface area contributed by atoms with Crippen molar-refractivity contribution < 1.29 is 9.90 Å². The predicted octanol–water partition coefficient (Wildman–Crippen LogP) is 2.08. The number of aromatic nitrogens is 3. The van der Waals surface area contributed by atoms with Crippen LogP contribution in [0.3, 0.4) is 0 Å². The second-order valence-electron chi connectivity index (χ2n) is 5.51. The first kappa shape index (κ1) is 16.3. The van der Waals surface area contributed by atoms with Gasteiger partial charge < -0.3 is 10.4 Å². The Hall–Kier alpha value is -2.57. The van der Waals surface area contributed by atoms with Gasteiger partial charge in [0.25, 0.3) is 0 Å². The molecule has 0 amide bonds. The fourth-order valence-electron chi connectivity index (χ4n) is 2.73. The minimum absolute atomic E-state index is 0.00178. The Labute approximate surface area is 142 Å². The third-order valence-corrected chi connectivity index (χ3v) is 4.59. The second-order valence-corrected chi connectivity index (χ2v) is 6.36. The molecule has 1 saturated heterocycles. The molecule has 24 heavy (non-hydrogen) atoms. The van der Waals surface area contributed by atoms with Gasteiger partial charge in [-0.05, 0) is 25.5 Å². The molecule has 0 aromatic carbocycles. The standard InChI is InChI=1S/C15H16N6O2S/c16-4-7-21-6-1-2-10(8-21)11-3-5-17-14(18-11)20-15-19-12(9-24-15)13(22)23/h3,5,9-10H,1-2,6-8H2,(H,22,23)(H,17,18,19,20)/t10-/m0/s1. The summed E-state index contributed by atoms with van der Waals surface area (Å²) >= 11 is 1.19. The molecule has 8 nitrogen and oxygen atoms in total. The van der Waals surface area contributed by atoms with E-state index in [1.165, 1.54) is 16.7 Å². The smallest absolute Gasteiger partial charge is 0.355 e. The lowest BCUT2D eigenvalue weighted by Crippen LogP contribution is -2.34. The Morgan fingerprint density at radius 3 is 3.17 bits per heavy atom. The summed E-state index contributed by atoms with van der Waals surface area (Å²) in [6.45, 7) is 2.19. The lowest BCUT2D eigenvalue weighted by molar-refractivity contribution is 0.0691. The van der Waals surface area contributed by atoms with Crippen molar-refractivity contribution in [2.24, 2.45) is 0 Å². The van der Waals surface area contributed by atoms with Crippen LogP contribution in [0.15, 0.2) is 17.6 Å². The maximum Gasteiger partial charge on any atom is 0.355 e. The fraction of sp³-hybridized carbons (Fsp3) is 0.400. The number of nitrogens with one attached hydrogen (secondary N) is 1. The van der Waals surface area contributed by atoms with Crippen molar-refractivity contribution in [1.29, 1.82) is 5.26 Å². The highest BCUT2D eigenvalue weighted by Gasteiger charge is 2.22. The lowest BCUT2D eigenvalue weighted by Gasteiger charge is -2.30. The number of nitriles is 1. The summed E-state index contributed by atoms with van der Waals surface area (Å²) in [5.74, 6) is -0.397. The van der Waals surface area contributed by atoms with E-state index in [4.69, 9.17) is 10.4 Å². The average molecular weight is 344 g/mol. The van der Waals surface area contributed by atoms with E-state index in [2.05, 4.69) is 31.2 Å². The summed E-state index contributed by atoms with van der Waals surface area (Å²) in [6.07, 6.45) is 3.74. The van der Waals surface area contributed by atoms with Gasteiger partial charge in [0.15, 0.2) is 10.8 Å². The number of carbonyl (C=O) groups is 1. The minimum atomic E-state index is -1.06. The molecule has 1 fully saturated rings. The van der Waals surface area contributed by atoms with Gasteiger partial charge in [-0.15, -0.1) is 11.3 Å². The lowest BCUT2D eigenvalue weighted by atomic mass is 9.94. The van der Waals surface area contributed by atoms with Gasteiger partial charge >= 0.3 is 5.97 Å². The number of hydrogen-bond donors (Lipinski definition) is 2. The van der Waals surface area contributed by atoms with Crippen LogP contribution in [0.5, 0.6) is 0 Å². The van der Waals surface area contributed by atoms with Crippen molar-refractivity contribution >= 4 is 28.4 Å². The van der Waals surface area contributed by atoms with Crippen molar-refractivity contribution in [3.8, 4) is 6.07 Å². The largest absolute Gasteiger partial charge is 0.476 e. The van der Waals surface area contributed by atoms with Gasteiger partial charge in [-0.25, -0.2) is 19.7 Å². The number of hydrogen-bond acceptors (Lipinski definition) is 8. The zero-order chi connectivity index (χ0) is 16.9. The first-order chi connectivity index (χ1) is 11.7. The van der Waals surface area contributed by atoms with Gasteiger partial charge in [0.05, 0.1) is 18.3 Å². The van der Waals surface area contributed by atoms with Gasteiger partial charge in [0, 0.05) is 24.0 Å². The number of carboxylic acids is 1. The summed E-state index contributed by atoms with van der Waals surface area (Å²) in [4.78, 5) is 25.7. The molecule has 3 heterocycles. The first-order valence-corrected chi connectivity index (χ1v) is 8.42. The maximum atomic E-state index is 10.9.